The van der Waals surface area contributed by atoms with Crippen molar-refractivity contribution in [3.8, 4) is 5.75 Å². The summed E-state index contributed by atoms with van der Waals surface area (Å²) in [5, 5.41) is 3.08. The third kappa shape index (κ3) is 5.96. The average Bonchev–Trinajstić information content (AvgIpc) is 2.80. The standard InChI is InChI=1S/C24H25ClN4O2/c25-24-22(7-4-12-26-24)31-18-23(30)27-20-8-10-21(11-9-20)29-15-13-28(14-16-29)17-19-5-2-1-3-6-19/h1-12H,13-18H2,(H,27,30). The number of carbonyl (C=O) groups is 1. The Morgan fingerprint density at radius 1 is 0.968 bits per heavy atom. The minimum atomic E-state index is -0.248. The molecule has 160 valence electrons. The van der Waals surface area contributed by atoms with Crippen molar-refractivity contribution in [2.45, 2.75) is 6.54 Å². The van der Waals surface area contributed by atoms with E-state index in [-0.39, 0.29) is 17.7 Å². The normalized spacial score (nSPS) is 14.3. The Morgan fingerprint density at radius 3 is 2.42 bits per heavy atom. The summed E-state index contributed by atoms with van der Waals surface area (Å²) in [4.78, 5) is 20.9. The van der Waals surface area contributed by atoms with Crippen molar-refractivity contribution in [2.24, 2.45) is 0 Å². The van der Waals surface area contributed by atoms with Crippen LogP contribution in [0.2, 0.25) is 5.15 Å². The van der Waals surface area contributed by atoms with Crippen LogP contribution in [-0.4, -0.2) is 48.6 Å². The molecule has 0 spiro atoms. The number of benzene rings is 2. The Morgan fingerprint density at radius 2 is 1.71 bits per heavy atom. The molecule has 0 atom stereocenters. The van der Waals surface area contributed by atoms with Crippen LogP contribution in [0.3, 0.4) is 0 Å². The van der Waals surface area contributed by atoms with E-state index in [9.17, 15) is 4.79 Å². The molecule has 1 amide bonds. The highest BCUT2D eigenvalue weighted by Crippen LogP contribution is 2.22. The minimum absolute atomic E-state index is 0.128. The number of carbonyl (C=O) groups excluding carboxylic acids is 1. The Balaban J connectivity index is 1.24. The third-order valence-corrected chi connectivity index (χ3v) is 5.50. The second-order valence-corrected chi connectivity index (χ2v) is 7.78. The molecule has 1 saturated heterocycles. The number of piperazine rings is 1. The molecule has 1 aliphatic heterocycles. The van der Waals surface area contributed by atoms with Crippen molar-refractivity contribution in [3.05, 3.63) is 83.6 Å². The predicted octanol–water partition coefficient (Wildman–Crippen LogP) is 4.07. The van der Waals surface area contributed by atoms with Crippen LogP contribution in [0.15, 0.2) is 72.9 Å². The van der Waals surface area contributed by atoms with E-state index in [4.69, 9.17) is 16.3 Å². The quantitative estimate of drug-likeness (QED) is 0.566. The SMILES string of the molecule is O=C(COc1cccnc1Cl)Nc1ccc(N2CCN(Cc3ccccc3)CC2)cc1. The molecule has 7 heteroatoms. The fourth-order valence-corrected chi connectivity index (χ4v) is 3.75. The molecule has 0 aliphatic carbocycles. The fourth-order valence-electron chi connectivity index (χ4n) is 3.58. The van der Waals surface area contributed by atoms with Gasteiger partial charge in [-0.05, 0) is 42.0 Å². The van der Waals surface area contributed by atoms with Crippen LogP contribution >= 0.6 is 11.6 Å². The zero-order valence-electron chi connectivity index (χ0n) is 17.2. The van der Waals surface area contributed by atoms with Gasteiger partial charge in [-0.3, -0.25) is 9.69 Å². The average molecular weight is 437 g/mol. The largest absolute Gasteiger partial charge is 0.481 e. The van der Waals surface area contributed by atoms with E-state index in [0.717, 1.165) is 44.1 Å². The predicted molar refractivity (Wildman–Crippen MR) is 124 cm³/mol. The summed E-state index contributed by atoms with van der Waals surface area (Å²) in [6.45, 7) is 4.89. The van der Waals surface area contributed by atoms with Crippen LogP contribution < -0.4 is 15.0 Å². The molecule has 31 heavy (non-hydrogen) atoms. The molecule has 4 rings (SSSR count). The highest BCUT2D eigenvalue weighted by atomic mass is 35.5. The number of pyridine rings is 1. The maximum atomic E-state index is 12.2. The van der Waals surface area contributed by atoms with Gasteiger partial charge in [0.25, 0.3) is 5.91 Å². The Hall–Kier alpha value is -3.09. The summed E-state index contributed by atoms with van der Waals surface area (Å²) in [5.74, 6) is 0.142. The van der Waals surface area contributed by atoms with Crippen LogP contribution in [0.5, 0.6) is 5.75 Å². The van der Waals surface area contributed by atoms with E-state index >= 15 is 0 Å². The lowest BCUT2D eigenvalue weighted by atomic mass is 10.2. The van der Waals surface area contributed by atoms with Crippen LogP contribution in [0.1, 0.15) is 5.56 Å². The summed E-state index contributed by atoms with van der Waals surface area (Å²) in [5.41, 5.74) is 3.25. The first-order valence-electron chi connectivity index (χ1n) is 10.3. The third-order valence-electron chi connectivity index (χ3n) is 5.22. The van der Waals surface area contributed by atoms with Gasteiger partial charge in [0, 0.05) is 50.3 Å². The zero-order chi connectivity index (χ0) is 21.5. The van der Waals surface area contributed by atoms with E-state index in [2.05, 4.69) is 50.4 Å². The molecule has 2 heterocycles. The fraction of sp³-hybridized carbons (Fsp3) is 0.250. The summed E-state index contributed by atoms with van der Waals surface area (Å²) in [6, 6.07) is 21.9. The minimum Gasteiger partial charge on any atom is -0.481 e. The van der Waals surface area contributed by atoms with Gasteiger partial charge in [0.15, 0.2) is 17.5 Å². The number of halogens is 1. The van der Waals surface area contributed by atoms with Crippen LogP contribution in [0, 0.1) is 0 Å². The zero-order valence-corrected chi connectivity index (χ0v) is 18.0. The van der Waals surface area contributed by atoms with Crippen molar-refractivity contribution >= 4 is 28.9 Å². The number of hydrogen-bond donors (Lipinski definition) is 1. The first-order valence-corrected chi connectivity index (χ1v) is 10.7. The molecule has 3 aromatic rings. The van der Waals surface area contributed by atoms with Gasteiger partial charge in [-0.25, -0.2) is 4.98 Å². The molecule has 0 bridgehead atoms. The van der Waals surface area contributed by atoms with Gasteiger partial charge in [-0.2, -0.15) is 0 Å². The highest BCUT2D eigenvalue weighted by molar-refractivity contribution is 6.30. The van der Waals surface area contributed by atoms with Crippen molar-refractivity contribution in [3.63, 3.8) is 0 Å². The first kappa shape index (κ1) is 21.2. The van der Waals surface area contributed by atoms with Gasteiger partial charge in [0.05, 0.1) is 0 Å². The van der Waals surface area contributed by atoms with Gasteiger partial charge in [-0.15, -0.1) is 0 Å². The van der Waals surface area contributed by atoms with E-state index in [1.54, 1.807) is 18.3 Å². The smallest absolute Gasteiger partial charge is 0.262 e. The summed E-state index contributed by atoms with van der Waals surface area (Å²) < 4.78 is 5.42. The highest BCUT2D eigenvalue weighted by Gasteiger charge is 2.17. The monoisotopic (exact) mass is 436 g/mol. The Labute approximate surface area is 187 Å². The lowest BCUT2D eigenvalue weighted by Crippen LogP contribution is -2.45. The number of nitrogens with one attached hydrogen (secondary N) is 1. The molecule has 1 fully saturated rings. The Kier molecular flexibility index (Phi) is 7.02. The maximum Gasteiger partial charge on any atom is 0.262 e. The topological polar surface area (TPSA) is 57.7 Å². The number of rotatable bonds is 7. The second kappa shape index (κ2) is 10.3. The van der Waals surface area contributed by atoms with Gasteiger partial charge in [-0.1, -0.05) is 41.9 Å². The van der Waals surface area contributed by atoms with Crippen molar-refractivity contribution in [2.75, 3.05) is 43.0 Å². The van der Waals surface area contributed by atoms with E-state index in [1.807, 2.05) is 24.3 Å². The molecule has 2 aromatic carbocycles. The van der Waals surface area contributed by atoms with E-state index < -0.39 is 0 Å². The van der Waals surface area contributed by atoms with Crippen LogP contribution in [0.4, 0.5) is 11.4 Å². The van der Waals surface area contributed by atoms with E-state index in [0.29, 0.717) is 5.75 Å². The number of anilines is 2. The lowest BCUT2D eigenvalue weighted by molar-refractivity contribution is -0.118. The summed E-state index contributed by atoms with van der Waals surface area (Å²) in [7, 11) is 0. The molecule has 1 N–H and O–H groups in total. The molecule has 1 aliphatic rings. The molecule has 0 saturated carbocycles. The molecule has 0 unspecified atom stereocenters. The van der Waals surface area contributed by atoms with Gasteiger partial charge >= 0.3 is 0 Å². The molecule has 6 nitrogen and oxygen atoms in total. The molecule has 0 radical (unpaired) electrons. The van der Waals surface area contributed by atoms with Crippen molar-refractivity contribution < 1.29 is 9.53 Å². The second-order valence-electron chi connectivity index (χ2n) is 7.42. The van der Waals surface area contributed by atoms with Crippen molar-refractivity contribution in [1.82, 2.24) is 9.88 Å². The number of amides is 1. The first-order chi connectivity index (χ1) is 15.2. The van der Waals surface area contributed by atoms with Gasteiger partial charge in [0.2, 0.25) is 0 Å². The number of aromatic nitrogens is 1. The summed E-state index contributed by atoms with van der Waals surface area (Å²) in [6.07, 6.45) is 1.57. The Bertz CT molecular complexity index is 990. The van der Waals surface area contributed by atoms with Gasteiger partial charge in [0.1, 0.15) is 0 Å². The summed E-state index contributed by atoms with van der Waals surface area (Å²) >= 11 is 5.93. The van der Waals surface area contributed by atoms with Crippen LogP contribution in [0.25, 0.3) is 0 Å². The van der Waals surface area contributed by atoms with Gasteiger partial charge < -0.3 is 15.0 Å². The molecular weight excluding hydrogens is 412 g/mol. The number of nitrogens with zero attached hydrogens (tertiary/aromatic N) is 3. The number of ether oxygens (including phenoxy) is 1. The number of hydrogen-bond acceptors (Lipinski definition) is 5. The molecule has 1 aromatic heterocycles. The van der Waals surface area contributed by atoms with Crippen LogP contribution in [-0.2, 0) is 11.3 Å². The lowest BCUT2D eigenvalue weighted by Gasteiger charge is -2.36. The maximum absolute atomic E-state index is 12.2. The van der Waals surface area contributed by atoms with Crippen molar-refractivity contribution in [1.29, 1.82) is 0 Å². The molecular formula is C24H25ClN4O2. The van der Waals surface area contributed by atoms with E-state index in [1.165, 1.54) is 5.56 Å².